The van der Waals surface area contributed by atoms with Gasteiger partial charge in [0.25, 0.3) is 5.91 Å². The Bertz CT molecular complexity index is 979. The molecule has 3 aromatic rings. The van der Waals surface area contributed by atoms with Gasteiger partial charge in [0.1, 0.15) is 0 Å². The number of nitrogens with one attached hydrogen (secondary N) is 1. The van der Waals surface area contributed by atoms with Crippen molar-refractivity contribution in [1.29, 1.82) is 0 Å². The zero-order valence-electron chi connectivity index (χ0n) is 14.5. The van der Waals surface area contributed by atoms with E-state index in [0.29, 0.717) is 11.3 Å². The molecule has 0 bridgehead atoms. The van der Waals surface area contributed by atoms with Crippen LogP contribution in [0, 0.1) is 6.92 Å². The molecule has 3 N–H and O–H groups in total. The molecule has 0 aliphatic carbocycles. The molecule has 0 radical (unpaired) electrons. The lowest BCUT2D eigenvalue weighted by Crippen LogP contribution is -2.13. The van der Waals surface area contributed by atoms with Gasteiger partial charge in [-0.15, -0.1) is 0 Å². The van der Waals surface area contributed by atoms with Gasteiger partial charge < -0.3 is 11.1 Å². The summed E-state index contributed by atoms with van der Waals surface area (Å²) >= 11 is 0. The van der Waals surface area contributed by atoms with E-state index in [2.05, 4.69) is 5.32 Å². The number of carbonyl (C=O) groups excluding carboxylic acids is 1. The maximum Gasteiger partial charge on any atom is 0.416 e. The average molecular weight is 370 g/mol. The van der Waals surface area contributed by atoms with Gasteiger partial charge in [0, 0.05) is 16.9 Å². The van der Waals surface area contributed by atoms with Crippen molar-refractivity contribution in [2.45, 2.75) is 13.1 Å². The summed E-state index contributed by atoms with van der Waals surface area (Å²) < 4.78 is 38.5. The molecule has 0 saturated carbocycles. The van der Waals surface area contributed by atoms with E-state index in [-0.39, 0.29) is 5.69 Å². The minimum Gasteiger partial charge on any atom is -0.399 e. The second kappa shape index (κ2) is 7.15. The van der Waals surface area contributed by atoms with Gasteiger partial charge in [0.2, 0.25) is 0 Å². The summed E-state index contributed by atoms with van der Waals surface area (Å²) in [6.07, 6.45) is -4.47. The van der Waals surface area contributed by atoms with Crippen LogP contribution in [0.4, 0.5) is 24.5 Å². The van der Waals surface area contributed by atoms with E-state index < -0.39 is 17.6 Å². The first kappa shape index (κ1) is 18.5. The highest BCUT2D eigenvalue weighted by molar-refractivity contribution is 6.05. The fourth-order valence-electron chi connectivity index (χ4n) is 2.71. The number of carbonyl (C=O) groups is 1. The number of anilines is 2. The van der Waals surface area contributed by atoms with E-state index in [9.17, 15) is 18.0 Å². The number of nitrogens with two attached hydrogens (primary N) is 1. The SMILES string of the molecule is Cc1ccc(C(=O)Nc2cccc(C(F)(F)F)c2)cc1-c1ccc(N)cc1. The quantitative estimate of drug-likeness (QED) is 0.597. The predicted octanol–water partition coefficient (Wildman–Crippen LogP) is 5.52. The summed E-state index contributed by atoms with van der Waals surface area (Å²) in [4.78, 5) is 12.5. The van der Waals surface area contributed by atoms with Gasteiger partial charge in [-0.25, -0.2) is 0 Å². The maximum atomic E-state index is 12.8. The third-order valence-electron chi connectivity index (χ3n) is 4.17. The highest BCUT2D eigenvalue weighted by Crippen LogP contribution is 2.31. The van der Waals surface area contributed by atoms with E-state index in [0.717, 1.165) is 28.8 Å². The van der Waals surface area contributed by atoms with Gasteiger partial charge in [-0.3, -0.25) is 4.79 Å². The third-order valence-corrected chi connectivity index (χ3v) is 4.17. The van der Waals surface area contributed by atoms with E-state index >= 15 is 0 Å². The second-order valence-corrected chi connectivity index (χ2v) is 6.18. The van der Waals surface area contributed by atoms with Crippen LogP contribution in [-0.2, 0) is 6.18 Å². The number of aryl methyl sites for hydroxylation is 1. The fourth-order valence-corrected chi connectivity index (χ4v) is 2.71. The topological polar surface area (TPSA) is 55.1 Å². The number of amides is 1. The van der Waals surface area contributed by atoms with Crippen LogP contribution in [0.15, 0.2) is 66.7 Å². The Kier molecular flexibility index (Phi) is 4.90. The third kappa shape index (κ3) is 4.28. The average Bonchev–Trinajstić information content (AvgIpc) is 2.62. The zero-order valence-corrected chi connectivity index (χ0v) is 14.5. The zero-order chi connectivity index (χ0) is 19.6. The summed E-state index contributed by atoms with van der Waals surface area (Å²) in [5, 5.41) is 2.52. The lowest BCUT2D eigenvalue weighted by molar-refractivity contribution is -0.137. The highest BCUT2D eigenvalue weighted by Gasteiger charge is 2.30. The van der Waals surface area contributed by atoms with Crippen molar-refractivity contribution in [3.8, 4) is 11.1 Å². The van der Waals surface area contributed by atoms with Gasteiger partial charge in [-0.05, 0) is 66.1 Å². The summed E-state index contributed by atoms with van der Waals surface area (Å²) in [6.45, 7) is 1.92. The minimum absolute atomic E-state index is 0.0874. The summed E-state index contributed by atoms with van der Waals surface area (Å²) in [7, 11) is 0. The van der Waals surface area contributed by atoms with Crippen LogP contribution in [0.25, 0.3) is 11.1 Å². The van der Waals surface area contributed by atoms with Crippen LogP contribution in [-0.4, -0.2) is 5.91 Å². The normalized spacial score (nSPS) is 11.3. The highest BCUT2D eigenvalue weighted by atomic mass is 19.4. The number of alkyl halides is 3. The van der Waals surface area contributed by atoms with Gasteiger partial charge in [0.05, 0.1) is 5.56 Å². The van der Waals surface area contributed by atoms with Crippen molar-refractivity contribution in [2.75, 3.05) is 11.1 Å². The van der Waals surface area contributed by atoms with Crippen molar-refractivity contribution in [3.63, 3.8) is 0 Å². The van der Waals surface area contributed by atoms with Crippen LogP contribution >= 0.6 is 0 Å². The second-order valence-electron chi connectivity index (χ2n) is 6.18. The molecule has 0 fully saturated rings. The van der Waals surface area contributed by atoms with Crippen LogP contribution in [0.1, 0.15) is 21.5 Å². The molecule has 0 unspecified atom stereocenters. The van der Waals surface area contributed by atoms with Crippen LogP contribution in [0.5, 0.6) is 0 Å². The van der Waals surface area contributed by atoms with Gasteiger partial charge in [-0.1, -0.05) is 24.3 Å². The van der Waals surface area contributed by atoms with Crippen LogP contribution in [0.2, 0.25) is 0 Å². The molecule has 0 heterocycles. The molecule has 138 valence electrons. The van der Waals surface area contributed by atoms with Crippen molar-refractivity contribution in [2.24, 2.45) is 0 Å². The number of rotatable bonds is 3. The van der Waals surface area contributed by atoms with Gasteiger partial charge >= 0.3 is 6.18 Å². The van der Waals surface area contributed by atoms with Gasteiger partial charge in [0.15, 0.2) is 0 Å². The van der Waals surface area contributed by atoms with Crippen LogP contribution in [0.3, 0.4) is 0 Å². The molecule has 0 aromatic heterocycles. The lowest BCUT2D eigenvalue weighted by Gasteiger charge is -2.12. The molecule has 0 saturated heterocycles. The van der Waals surface area contributed by atoms with E-state index in [1.165, 1.54) is 12.1 Å². The molecule has 0 atom stereocenters. The Morgan fingerprint density at radius 3 is 2.33 bits per heavy atom. The van der Waals surface area contributed by atoms with Crippen molar-refractivity contribution >= 4 is 17.3 Å². The van der Waals surface area contributed by atoms with Crippen molar-refractivity contribution < 1.29 is 18.0 Å². The number of hydrogen-bond acceptors (Lipinski definition) is 2. The smallest absolute Gasteiger partial charge is 0.399 e. The molecular formula is C21H17F3N2O. The number of nitrogen functional groups attached to an aromatic ring is 1. The molecule has 3 aromatic carbocycles. The molecule has 1 amide bonds. The number of hydrogen-bond donors (Lipinski definition) is 2. The van der Waals surface area contributed by atoms with E-state index in [1.807, 2.05) is 19.1 Å². The Balaban J connectivity index is 1.88. The molecule has 6 heteroatoms. The van der Waals surface area contributed by atoms with E-state index in [4.69, 9.17) is 5.73 Å². The molecule has 0 aliphatic rings. The predicted molar refractivity (Wildman–Crippen MR) is 100 cm³/mol. The summed E-state index contributed by atoms with van der Waals surface area (Å²) in [5.41, 5.74) is 8.69. The molecule has 0 spiro atoms. The minimum atomic E-state index is -4.47. The van der Waals surface area contributed by atoms with Gasteiger partial charge in [-0.2, -0.15) is 13.2 Å². The molecule has 0 aliphatic heterocycles. The Morgan fingerprint density at radius 1 is 0.963 bits per heavy atom. The Hall–Kier alpha value is -3.28. The van der Waals surface area contributed by atoms with Crippen LogP contribution < -0.4 is 11.1 Å². The standard InChI is InChI=1S/C21H17F3N2O/c1-13-5-6-15(11-19(13)14-7-9-17(25)10-8-14)20(27)26-18-4-2-3-16(12-18)21(22,23)24/h2-12H,25H2,1H3,(H,26,27). The molecule has 27 heavy (non-hydrogen) atoms. The summed E-state index contributed by atoms with van der Waals surface area (Å²) in [6, 6.07) is 16.9. The Morgan fingerprint density at radius 2 is 1.67 bits per heavy atom. The number of halogens is 3. The monoisotopic (exact) mass is 370 g/mol. The first-order chi connectivity index (χ1) is 12.7. The number of benzene rings is 3. The lowest BCUT2D eigenvalue weighted by atomic mass is 9.97. The fraction of sp³-hybridized carbons (Fsp3) is 0.0952. The van der Waals surface area contributed by atoms with Crippen molar-refractivity contribution in [1.82, 2.24) is 0 Å². The first-order valence-electron chi connectivity index (χ1n) is 8.19. The molecular weight excluding hydrogens is 353 g/mol. The maximum absolute atomic E-state index is 12.8. The molecule has 3 nitrogen and oxygen atoms in total. The van der Waals surface area contributed by atoms with Crippen molar-refractivity contribution in [3.05, 3.63) is 83.4 Å². The van der Waals surface area contributed by atoms with E-state index in [1.54, 1.807) is 30.3 Å². The Labute approximate surface area is 154 Å². The molecule has 3 rings (SSSR count). The first-order valence-corrected chi connectivity index (χ1v) is 8.19. The largest absolute Gasteiger partial charge is 0.416 e. The summed E-state index contributed by atoms with van der Waals surface area (Å²) in [5.74, 6) is -0.481.